The van der Waals surface area contributed by atoms with Gasteiger partial charge >= 0.3 is 6.09 Å². The quantitative estimate of drug-likeness (QED) is 0.885. The van der Waals surface area contributed by atoms with Crippen LogP contribution in [-0.4, -0.2) is 32.6 Å². The van der Waals surface area contributed by atoms with Crippen molar-refractivity contribution in [3.8, 4) is 0 Å². The maximum atomic E-state index is 13.2. The van der Waals surface area contributed by atoms with Gasteiger partial charge in [0.15, 0.2) is 0 Å². The number of hydrogen-bond acceptors (Lipinski definition) is 4. The summed E-state index contributed by atoms with van der Waals surface area (Å²) in [6.45, 7) is 2.73. The molecule has 0 radical (unpaired) electrons. The maximum Gasteiger partial charge on any atom is 0.410 e. The Morgan fingerprint density at radius 2 is 2.04 bits per heavy atom. The molecule has 3 rings (SSSR count). The summed E-state index contributed by atoms with van der Waals surface area (Å²) in [5, 5.41) is 0. The van der Waals surface area contributed by atoms with Crippen LogP contribution in [0.25, 0.3) is 0 Å². The molecule has 0 aromatic heterocycles. The summed E-state index contributed by atoms with van der Waals surface area (Å²) in [5.41, 5.74) is 1.46. The summed E-state index contributed by atoms with van der Waals surface area (Å²) in [7, 11) is -3.84. The van der Waals surface area contributed by atoms with Gasteiger partial charge in [-0.3, -0.25) is 4.72 Å². The fourth-order valence-corrected chi connectivity index (χ4v) is 3.92. The van der Waals surface area contributed by atoms with E-state index in [4.69, 9.17) is 4.74 Å². The summed E-state index contributed by atoms with van der Waals surface area (Å²) in [5.74, 6) is -0.490. The molecule has 1 aliphatic heterocycles. The summed E-state index contributed by atoms with van der Waals surface area (Å²) in [6.07, 6.45) is -0.382. The average molecular weight is 364 g/mol. The van der Waals surface area contributed by atoms with Gasteiger partial charge in [0.05, 0.1) is 11.4 Å². The van der Waals surface area contributed by atoms with Gasteiger partial charge in [-0.1, -0.05) is 12.1 Å². The van der Waals surface area contributed by atoms with Crippen LogP contribution in [0.1, 0.15) is 11.1 Å². The van der Waals surface area contributed by atoms with Gasteiger partial charge in [0.25, 0.3) is 10.0 Å². The summed E-state index contributed by atoms with van der Waals surface area (Å²) in [4.78, 5) is 13.1. The van der Waals surface area contributed by atoms with E-state index < -0.39 is 15.8 Å². The predicted octanol–water partition coefficient (Wildman–Crippen LogP) is 2.89. The third-order valence-corrected chi connectivity index (χ3v) is 5.37. The highest BCUT2D eigenvalue weighted by Crippen LogP contribution is 2.21. The van der Waals surface area contributed by atoms with Crippen LogP contribution in [0.3, 0.4) is 0 Å². The molecule has 0 bridgehead atoms. The molecule has 1 heterocycles. The van der Waals surface area contributed by atoms with Crippen molar-refractivity contribution in [3.63, 3.8) is 0 Å². The molecule has 2 aromatic rings. The lowest BCUT2D eigenvalue weighted by atomic mass is 10.2. The number of carbonyl (C=O) groups excluding carboxylic acids is 1. The second kappa shape index (κ2) is 6.72. The number of aryl methyl sites for hydroxylation is 1. The molecule has 132 valence electrons. The molecule has 25 heavy (non-hydrogen) atoms. The van der Waals surface area contributed by atoms with Crippen molar-refractivity contribution >= 4 is 21.8 Å². The van der Waals surface area contributed by atoms with Crippen molar-refractivity contribution in [1.82, 2.24) is 4.90 Å². The number of hydrogen-bond donors (Lipinski definition) is 1. The number of rotatable bonds is 5. The van der Waals surface area contributed by atoms with Crippen LogP contribution in [-0.2, 0) is 21.3 Å². The van der Waals surface area contributed by atoms with E-state index in [9.17, 15) is 17.6 Å². The largest absolute Gasteiger partial charge is 0.448 e. The molecule has 1 aliphatic rings. The third kappa shape index (κ3) is 3.90. The molecule has 0 saturated carbocycles. The molecular weight excluding hydrogens is 347 g/mol. The minimum absolute atomic E-state index is 0.0161. The van der Waals surface area contributed by atoms with Crippen molar-refractivity contribution in [1.29, 1.82) is 0 Å². The molecule has 1 amide bonds. The minimum atomic E-state index is -3.84. The highest BCUT2D eigenvalue weighted by molar-refractivity contribution is 7.92. The van der Waals surface area contributed by atoms with Gasteiger partial charge in [0, 0.05) is 12.2 Å². The molecule has 1 saturated heterocycles. The number of amides is 1. The van der Waals surface area contributed by atoms with Gasteiger partial charge < -0.3 is 9.64 Å². The predicted molar refractivity (Wildman–Crippen MR) is 90.1 cm³/mol. The van der Waals surface area contributed by atoms with Crippen LogP contribution in [0.2, 0.25) is 0 Å². The van der Waals surface area contributed by atoms with Gasteiger partial charge in [0.1, 0.15) is 12.4 Å². The zero-order chi connectivity index (χ0) is 18.0. The standard InChI is InChI=1S/C17H17FN2O4S/c1-12-9-14(18)5-6-16(12)25(22,23)19-15-4-2-3-13(10-15)11-20-7-8-24-17(20)21/h2-6,9-10,19H,7-8,11H2,1H3. The first-order valence-electron chi connectivity index (χ1n) is 7.65. The number of halogens is 1. The van der Waals surface area contributed by atoms with E-state index in [0.29, 0.717) is 30.9 Å². The topological polar surface area (TPSA) is 75.7 Å². The Hall–Kier alpha value is -2.61. The van der Waals surface area contributed by atoms with E-state index in [1.54, 1.807) is 24.3 Å². The van der Waals surface area contributed by atoms with Crippen molar-refractivity contribution < 1.29 is 22.3 Å². The Kier molecular flexibility index (Phi) is 4.63. The van der Waals surface area contributed by atoms with Crippen molar-refractivity contribution in [2.45, 2.75) is 18.4 Å². The zero-order valence-electron chi connectivity index (χ0n) is 13.5. The molecule has 0 spiro atoms. The number of sulfonamides is 1. The molecular formula is C17H17FN2O4S. The third-order valence-electron chi connectivity index (χ3n) is 3.82. The SMILES string of the molecule is Cc1cc(F)ccc1S(=O)(=O)Nc1cccc(CN2CCOC2=O)c1. The molecule has 8 heteroatoms. The monoisotopic (exact) mass is 364 g/mol. The Labute approximate surface area is 145 Å². The number of anilines is 1. The molecule has 0 unspecified atom stereocenters. The van der Waals surface area contributed by atoms with Crippen LogP contribution >= 0.6 is 0 Å². The van der Waals surface area contributed by atoms with Crippen LogP contribution in [0.5, 0.6) is 0 Å². The Balaban J connectivity index is 1.80. The van der Waals surface area contributed by atoms with E-state index in [-0.39, 0.29) is 11.0 Å². The van der Waals surface area contributed by atoms with E-state index >= 15 is 0 Å². The van der Waals surface area contributed by atoms with Crippen LogP contribution in [0.15, 0.2) is 47.4 Å². The van der Waals surface area contributed by atoms with Gasteiger partial charge in [-0.05, 0) is 48.4 Å². The second-order valence-corrected chi connectivity index (χ2v) is 7.40. The first kappa shape index (κ1) is 17.2. The minimum Gasteiger partial charge on any atom is -0.448 e. The van der Waals surface area contributed by atoms with Gasteiger partial charge in [-0.2, -0.15) is 0 Å². The van der Waals surface area contributed by atoms with Crippen molar-refractivity contribution in [3.05, 3.63) is 59.4 Å². The Morgan fingerprint density at radius 1 is 1.24 bits per heavy atom. The maximum absolute atomic E-state index is 13.2. The van der Waals surface area contributed by atoms with E-state index in [2.05, 4.69) is 4.72 Å². The number of nitrogens with one attached hydrogen (secondary N) is 1. The number of nitrogens with zero attached hydrogens (tertiary/aromatic N) is 1. The van der Waals surface area contributed by atoms with Crippen LogP contribution in [0, 0.1) is 12.7 Å². The van der Waals surface area contributed by atoms with Crippen molar-refractivity contribution in [2.24, 2.45) is 0 Å². The smallest absolute Gasteiger partial charge is 0.410 e. The molecule has 0 aliphatic carbocycles. The normalized spacial score (nSPS) is 14.5. The number of ether oxygens (including phenoxy) is 1. The fourth-order valence-electron chi connectivity index (χ4n) is 2.65. The molecule has 6 nitrogen and oxygen atoms in total. The van der Waals surface area contributed by atoms with Gasteiger partial charge in [-0.15, -0.1) is 0 Å². The van der Waals surface area contributed by atoms with Gasteiger partial charge in [0.2, 0.25) is 0 Å². The summed E-state index contributed by atoms with van der Waals surface area (Å²) in [6, 6.07) is 10.3. The first-order chi connectivity index (χ1) is 11.8. The highest BCUT2D eigenvalue weighted by atomic mass is 32.2. The number of benzene rings is 2. The molecule has 1 fully saturated rings. The summed E-state index contributed by atoms with van der Waals surface area (Å²) < 4.78 is 45.6. The second-order valence-electron chi connectivity index (χ2n) is 5.75. The molecule has 0 atom stereocenters. The summed E-state index contributed by atoms with van der Waals surface area (Å²) >= 11 is 0. The van der Waals surface area contributed by atoms with Gasteiger partial charge in [-0.25, -0.2) is 17.6 Å². The Bertz CT molecular complexity index is 915. The van der Waals surface area contributed by atoms with Crippen LogP contribution in [0.4, 0.5) is 14.9 Å². The zero-order valence-corrected chi connectivity index (χ0v) is 14.3. The lowest BCUT2D eigenvalue weighted by molar-refractivity contribution is 0.157. The van der Waals surface area contributed by atoms with Crippen molar-refractivity contribution in [2.75, 3.05) is 17.9 Å². The molecule has 2 aromatic carbocycles. The van der Waals surface area contributed by atoms with E-state index in [1.165, 1.54) is 24.0 Å². The van der Waals surface area contributed by atoms with E-state index in [0.717, 1.165) is 11.6 Å². The van der Waals surface area contributed by atoms with E-state index in [1.807, 2.05) is 0 Å². The Morgan fingerprint density at radius 3 is 2.72 bits per heavy atom. The highest BCUT2D eigenvalue weighted by Gasteiger charge is 2.22. The molecule has 1 N–H and O–H groups in total. The average Bonchev–Trinajstić information content (AvgIpc) is 2.92. The first-order valence-corrected chi connectivity index (χ1v) is 9.13. The number of cyclic esters (lactones) is 1. The lowest BCUT2D eigenvalue weighted by Gasteiger charge is -2.14. The number of carbonyl (C=O) groups is 1. The fraction of sp³-hybridized carbons (Fsp3) is 0.235. The lowest BCUT2D eigenvalue weighted by Crippen LogP contribution is -2.23. The van der Waals surface area contributed by atoms with Crippen LogP contribution < -0.4 is 4.72 Å².